The highest BCUT2D eigenvalue weighted by Gasteiger charge is 2.47. The summed E-state index contributed by atoms with van der Waals surface area (Å²) in [6, 6.07) is 17.9. The van der Waals surface area contributed by atoms with Crippen LogP contribution >= 0.6 is 23.2 Å². The Morgan fingerprint density at radius 3 is 2.20 bits per heavy atom. The summed E-state index contributed by atoms with van der Waals surface area (Å²) in [6.45, 7) is 2.58. The van der Waals surface area contributed by atoms with Crippen LogP contribution in [0.4, 0.5) is 5.69 Å². The van der Waals surface area contributed by atoms with Gasteiger partial charge in [0.25, 0.3) is 11.7 Å². The highest BCUT2D eigenvalue weighted by atomic mass is 35.5. The molecular formula is C27H23Cl2NO5. The Labute approximate surface area is 213 Å². The summed E-state index contributed by atoms with van der Waals surface area (Å²) < 4.78 is 10.8. The van der Waals surface area contributed by atoms with Gasteiger partial charge in [-0.05, 0) is 48.4 Å². The predicted octanol–water partition coefficient (Wildman–Crippen LogP) is 6.42. The zero-order chi connectivity index (χ0) is 25.1. The standard InChI is InChI=1S/C27H23Cl2NO5/c1-3-13-35-19-11-9-16(10-12-19)23-22(24(31)17-14-20(28)26(34-2)21(29)15-17)25(32)27(33)30(23)18-7-5-4-6-8-18/h4-12,14-15,23,31H,3,13H2,1-2H3/b24-22+. The number of para-hydroxylation sites is 1. The fourth-order valence-corrected chi connectivity index (χ4v) is 4.66. The van der Waals surface area contributed by atoms with Gasteiger partial charge in [0.05, 0.1) is 35.4 Å². The van der Waals surface area contributed by atoms with E-state index in [0.29, 0.717) is 23.6 Å². The Hall–Kier alpha value is -3.48. The van der Waals surface area contributed by atoms with E-state index in [1.807, 2.05) is 13.0 Å². The molecule has 0 saturated carbocycles. The first-order chi connectivity index (χ1) is 16.9. The largest absolute Gasteiger partial charge is 0.507 e. The summed E-state index contributed by atoms with van der Waals surface area (Å²) in [5.41, 5.74) is 1.28. The molecule has 3 aromatic carbocycles. The number of benzene rings is 3. The van der Waals surface area contributed by atoms with Gasteiger partial charge in [-0.3, -0.25) is 14.5 Å². The molecule has 1 N–H and O–H groups in total. The fraction of sp³-hybridized carbons (Fsp3) is 0.185. The SMILES string of the molecule is CCCOc1ccc(C2/C(=C(\O)c3cc(Cl)c(OC)c(Cl)c3)C(=O)C(=O)N2c2ccccc2)cc1. The number of hydrogen-bond acceptors (Lipinski definition) is 5. The molecule has 1 aliphatic heterocycles. The van der Waals surface area contributed by atoms with Crippen LogP contribution in [-0.2, 0) is 9.59 Å². The van der Waals surface area contributed by atoms with Gasteiger partial charge in [-0.15, -0.1) is 0 Å². The summed E-state index contributed by atoms with van der Waals surface area (Å²) in [5.74, 6) is -1.04. The van der Waals surface area contributed by atoms with Crippen LogP contribution in [0.3, 0.4) is 0 Å². The number of ketones is 1. The van der Waals surface area contributed by atoms with Crippen molar-refractivity contribution in [3.05, 3.63) is 93.5 Å². The van der Waals surface area contributed by atoms with Crippen molar-refractivity contribution >= 4 is 46.3 Å². The van der Waals surface area contributed by atoms with Gasteiger partial charge < -0.3 is 14.6 Å². The number of amides is 1. The van der Waals surface area contributed by atoms with Crippen molar-refractivity contribution in [2.24, 2.45) is 0 Å². The predicted molar refractivity (Wildman–Crippen MR) is 136 cm³/mol. The quantitative estimate of drug-likeness (QED) is 0.225. The van der Waals surface area contributed by atoms with Gasteiger partial charge in [-0.25, -0.2) is 0 Å². The number of carbonyl (C=O) groups excluding carboxylic acids is 2. The lowest BCUT2D eigenvalue weighted by Gasteiger charge is -2.25. The monoisotopic (exact) mass is 511 g/mol. The molecule has 0 aliphatic carbocycles. The zero-order valence-corrected chi connectivity index (χ0v) is 20.6. The number of hydrogen-bond donors (Lipinski definition) is 1. The molecule has 1 saturated heterocycles. The summed E-state index contributed by atoms with van der Waals surface area (Å²) in [4.78, 5) is 27.9. The average Bonchev–Trinajstić information content (AvgIpc) is 3.13. The van der Waals surface area contributed by atoms with E-state index in [1.54, 1.807) is 48.5 Å². The van der Waals surface area contributed by atoms with Crippen molar-refractivity contribution in [3.63, 3.8) is 0 Å². The normalized spacial score (nSPS) is 17.0. The number of ether oxygens (including phenoxy) is 2. The lowest BCUT2D eigenvalue weighted by Crippen LogP contribution is -2.29. The van der Waals surface area contributed by atoms with Gasteiger partial charge in [0.15, 0.2) is 5.75 Å². The number of rotatable bonds is 7. The van der Waals surface area contributed by atoms with E-state index in [2.05, 4.69) is 0 Å². The second-order valence-electron chi connectivity index (χ2n) is 7.90. The smallest absolute Gasteiger partial charge is 0.300 e. The number of aliphatic hydroxyl groups excluding tert-OH is 1. The molecule has 1 aliphatic rings. The molecular weight excluding hydrogens is 489 g/mol. The number of anilines is 1. The van der Waals surface area contributed by atoms with Crippen molar-refractivity contribution in [2.75, 3.05) is 18.6 Å². The fourth-order valence-electron chi connectivity index (χ4n) is 4.02. The van der Waals surface area contributed by atoms with Crippen LogP contribution in [0.15, 0.2) is 72.3 Å². The Kier molecular flexibility index (Phi) is 7.34. The third-order valence-corrected chi connectivity index (χ3v) is 6.18. The third kappa shape index (κ3) is 4.72. The number of aliphatic hydroxyl groups is 1. The molecule has 1 heterocycles. The average molecular weight is 512 g/mol. The third-order valence-electron chi connectivity index (χ3n) is 5.62. The minimum absolute atomic E-state index is 0.0709. The van der Waals surface area contributed by atoms with Crippen molar-refractivity contribution in [2.45, 2.75) is 19.4 Å². The molecule has 1 fully saturated rings. The lowest BCUT2D eigenvalue weighted by atomic mass is 9.95. The van der Waals surface area contributed by atoms with E-state index in [1.165, 1.54) is 24.1 Å². The number of halogens is 2. The molecule has 0 spiro atoms. The van der Waals surface area contributed by atoms with Crippen molar-refractivity contribution < 1.29 is 24.2 Å². The minimum Gasteiger partial charge on any atom is -0.507 e. The van der Waals surface area contributed by atoms with E-state index >= 15 is 0 Å². The van der Waals surface area contributed by atoms with Gasteiger partial charge >= 0.3 is 0 Å². The molecule has 4 rings (SSSR count). The van der Waals surface area contributed by atoms with Gasteiger partial charge in [0.2, 0.25) is 0 Å². The molecule has 0 radical (unpaired) electrons. The molecule has 0 bridgehead atoms. The molecule has 1 amide bonds. The molecule has 3 aromatic rings. The molecule has 180 valence electrons. The van der Waals surface area contributed by atoms with Gasteiger partial charge in [0.1, 0.15) is 11.5 Å². The van der Waals surface area contributed by atoms with Crippen molar-refractivity contribution in [1.82, 2.24) is 0 Å². The number of nitrogens with zero attached hydrogens (tertiary/aromatic N) is 1. The summed E-state index contributed by atoms with van der Waals surface area (Å²) in [7, 11) is 1.42. The molecule has 35 heavy (non-hydrogen) atoms. The van der Waals surface area contributed by atoms with E-state index in [9.17, 15) is 14.7 Å². The van der Waals surface area contributed by atoms with E-state index in [0.717, 1.165) is 6.42 Å². The minimum atomic E-state index is -0.878. The maximum atomic E-state index is 13.3. The lowest BCUT2D eigenvalue weighted by molar-refractivity contribution is -0.132. The Morgan fingerprint density at radius 2 is 1.63 bits per heavy atom. The molecule has 0 aromatic heterocycles. The maximum absolute atomic E-state index is 13.3. The Morgan fingerprint density at radius 1 is 1.00 bits per heavy atom. The molecule has 1 unspecified atom stereocenters. The number of Topliss-reactive ketones (excluding diaryl/α,β-unsaturated/α-hetero) is 1. The van der Waals surface area contributed by atoms with Crippen LogP contribution in [0, 0.1) is 0 Å². The van der Waals surface area contributed by atoms with E-state index < -0.39 is 17.7 Å². The van der Waals surface area contributed by atoms with Gasteiger partial charge in [-0.2, -0.15) is 0 Å². The molecule has 6 nitrogen and oxygen atoms in total. The second-order valence-corrected chi connectivity index (χ2v) is 8.71. The highest BCUT2D eigenvalue weighted by Crippen LogP contribution is 2.44. The van der Waals surface area contributed by atoms with Crippen LogP contribution in [0.2, 0.25) is 10.0 Å². The van der Waals surface area contributed by atoms with Crippen molar-refractivity contribution in [1.29, 1.82) is 0 Å². The maximum Gasteiger partial charge on any atom is 0.300 e. The number of methoxy groups -OCH3 is 1. The van der Waals surface area contributed by atoms with Gasteiger partial charge in [0, 0.05) is 11.3 Å². The molecule has 1 atom stereocenters. The zero-order valence-electron chi connectivity index (χ0n) is 19.1. The second kappa shape index (κ2) is 10.4. The van der Waals surface area contributed by atoms with Crippen LogP contribution in [0.5, 0.6) is 11.5 Å². The van der Waals surface area contributed by atoms with Crippen LogP contribution < -0.4 is 14.4 Å². The first kappa shape index (κ1) is 24.6. The van der Waals surface area contributed by atoms with E-state index in [4.69, 9.17) is 32.7 Å². The van der Waals surface area contributed by atoms with Crippen LogP contribution in [0.25, 0.3) is 5.76 Å². The summed E-state index contributed by atoms with van der Waals surface area (Å²) in [5, 5.41) is 11.6. The Balaban J connectivity index is 1.89. The topological polar surface area (TPSA) is 76.1 Å². The van der Waals surface area contributed by atoms with Crippen LogP contribution in [-0.4, -0.2) is 30.5 Å². The summed E-state index contributed by atoms with van der Waals surface area (Å²) >= 11 is 12.5. The summed E-state index contributed by atoms with van der Waals surface area (Å²) in [6.07, 6.45) is 0.864. The first-order valence-electron chi connectivity index (χ1n) is 11.0. The highest BCUT2D eigenvalue weighted by molar-refractivity contribution is 6.51. The first-order valence-corrected chi connectivity index (χ1v) is 11.7. The Bertz CT molecular complexity index is 1270. The van der Waals surface area contributed by atoms with E-state index in [-0.39, 0.29) is 32.7 Å². The van der Waals surface area contributed by atoms with Crippen molar-refractivity contribution in [3.8, 4) is 11.5 Å². The molecule has 8 heteroatoms. The number of carbonyl (C=O) groups is 2. The van der Waals surface area contributed by atoms with Gasteiger partial charge in [-0.1, -0.05) is 60.5 Å². The van der Waals surface area contributed by atoms with Crippen LogP contribution in [0.1, 0.15) is 30.5 Å².